The van der Waals surface area contributed by atoms with Crippen LogP contribution in [0.15, 0.2) is 0 Å². The molecule has 1 heterocycles. The van der Waals surface area contributed by atoms with Crippen molar-refractivity contribution in [2.45, 2.75) is 26.4 Å². The minimum absolute atomic E-state index is 0.389. The Labute approximate surface area is 106 Å². The zero-order valence-corrected chi connectivity index (χ0v) is 11.7. The lowest BCUT2D eigenvalue weighted by atomic mass is 10.2. The molecule has 0 unspecified atom stereocenters. The molecule has 4 heteroatoms. The van der Waals surface area contributed by atoms with Crippen LogP contribution in [0.5, 0.6) is 0 Å². The van der Waals surface area contributed by atoms with E-state index in [2.05, 4.69) is 36.0 Å². The molecular weight excluding hydrogens is 214 g/mol. The van der Waals surface area contributed by atoms with Gasteiger partial charge in [-0.05, 0) is 26.6 Å². The number of morpholine rings is 1. The van der Waals surface area contributed by atoms with Gasteiger partial charge in [0.2, 0.25) is 0 Å². The van der Waals surface area contributed by atoms with E-state index in [-0.39, 0.29) is 0 Å². The van der Waals surface area contributed by atoms with Crippen LogP contribution in [0.25, 0.3) is 0 Å². The Bertz CT molecular complexity index is 190. The van der Waals surface area contributed by atoms with Crippen molar-refractivity contribution < 1.29 is 4.74 Å². The molecular formula is C13H29N3O. The van der Waals surface area contributed by atoms with Crippen LogP contribution >= 0.6 is 0 Å². The van der Waals surface area contributed by atoms with Crippen molar-refractivity contribution in [3.8, 4) is 0 Å². The van der Waals surface area contributed by atoms with E-state index >= 15 is 0 Å². The second-order valence-electron chi connectivity index (χ2n) is 4.90. The molecule has 1 rings (SSSR count). The molecule has 0 radical (unpaired) electrons. The monoisotopic (exact) mass is 243 g/mol. The Hall–Kier alpha value is -0.160. The normalized spacial score (nSPS) is 22.2. The zero-order chi connectivity index (χ0) is 12.5. The van der Waals surface area contributed by atoms with E-state index in [1.807, 2.05) is 0 Å². The Morgan fingerprint density at radius 2 is 2.18 bits per heavy atom. The molecule has 0 aromatic heterocycles. The first kappa shape index (κ1) is 14.9. The number of likely N-dealkylation sites (N-methyl/N-ethyl adjacent to an activating group) is 1. The van der Waals surface area contributed by atoms with Gasteiger partial charge in [-0.1, -0.05) is 13.8 Å². The average Bonchev–Trinajstić information content (AvgIpc) is 2.35. The lowest BCUT2D eigenvalue weighted by Crippen LogP contribution is -2.48. The molecule has 4 nitrogen and oxygen atoms in total. The highest BCUT2D eigenvalue weighted by Gasteiger charge is 2.20. The molecule has 0 bridgehead atoms. The van der Waals surface area contributed by atoms with Gasteiger partial charge in [0.05, 0.1) is 12.7 Å². The van der Waals surface area contributed by atoms with Crippen molar-refractivity contribution in [1.82, 2.24) is 15.1 Å². The second kappa shape index (κ2) is 8.86. The average molecular weight is 243 g/mol. The van der Waals surface area contributed by atoms with E-state index in [4.69, 9.17) is 4.74 Å². The van der Waals surface area contributed by atoms with Gasteiger partial charge in [0.1, 0.15) is 0 Å². The molecule has 0 spiro atoms. The minimum Gasteiger partial charge on any atom is -0.374 e. The number of ether oxygens (including phenoxy) is 1. The van der Waals surface area contributed by atoms with Crippen LogP contribution in [-0.4, -0.2) is 75.4 Å². The van der Waals surface area contributed by atoms with Crippen molar-refractivity contribution >= 4 is 0 Å². The molecule has 102 valence electrons. The van der Waals surface area contributed by atoms with Gasteiger partial charge in [-0.25, -0.2) is 0 Å². The first-order valence-electron chi connectivity index (χ1n) is 6.99. The topological polar surface area (TPSA) is 27.7 Å². The van der Waals surface area contributed by atoms with E-state index in [9.17, 15) is 0 Å². The third kappa shape index (κ3) is 6.36. The first-order chi connectivity index (χ1) is 8.26. The summed E-state index contributed by atoms with van der Waals surface area (Å²) in [6, 6.07) is 0. The van der Waals surface area contributed by atoms with E-state index in [1.165, 1.54) is 6.42 Å². The van der Waals surface area contributed by atoms with Crippen LogP contribution in [0.1, 0.15) is 20.3 Å². The van der Waals surface area contributed by atoms with Gasteiger partial charge in [-0.3, -0.25) is 4.90 Å². The fraction of sp³-hybridized carbons (Fsp3) is 1.00. The van der Waals surface area contributed by atoms with Gasteiger partial charge in [0, 0.05) is 32.7 Å². The number of nitrogens with zero attached hydrogens (tertiary/aromatic N) is 2. The molecule has 0 aliphatic carbocycles. The third-order valence-electron chi connectivity index (χ3n) is 3.31. The maximum Gasteiger partial charge on any atom is 0.0829 e. The highest BCUT2D eigenvalue weighted by molar-refractivity contribution is 4.74. The number of hydrogen-bond donors (Lipinski definition) is 1. The summed E-state index contributed by atoms with van der Waals surface area (Å²) in [5, 5.41) is 3.46. The highest BCUT2D eigenvalue weighted by atomic mass is 16.5. The summed E-state index contributed by atoms with van der Waals surface area (Å²) >= 11 is 0. The molecule has 1 saturated heterocycles. The molecule has 1 fully saturated rings. The van der Waals surface area contributed by atoms with Gasteiger partial charge < -0.3 is 15.0 Å². The Morgan fingerprint density at radius 1 is 1.35 bits per heavy atom. The van der Waals surface area contributed by atoms with Gasteiger partial charge in [-0.15, -0.1) is 0 Å². The molecule has 1 atom stereocenters. The number of nitrogens with one attached hydrogen (secondary N) is 1. The molecule has 0 aromatic carbocycles. The van der Waals surface area contributed by atoms with Crippen molar-refractivity contribution in [3.63, 3.8) is 0 Å². The van der Waals surface area contributed by atoms with Crippen LogP contribution in [-0.2, 0) is 4.74 Å². The van der Waals surface area contributed by atoms with Gasteiger partial charge in [0.25, 0.3) is 0 Å². The molecule has 1 N–H and O–H groups in total. The Morgan fingerprint density at radius 3 is 2.88 bits per heavy atom. The van der Waals surface area contributed by atoms with E-state index in [0.717, 1.165) is 52.4 Å². The summed E-state index contributed by atoms with van der Waals surface area (Å²) in [6.45, 7) is 13.0. The van der Waals surface area contributed by atoms with Crippen molar-refractivity contribution in [1.29, 1.82) is 0 Å². The number of rotatable bonds is 8. The predicted molar refractivity (Wildman–Crippen MR) is 72.5 cm³/mol. The third-order valence-corrected chi connectivity index (χ3v) is 3.31. The van der Waals surface area contributed by atoms with Crippen molar-refractivity contribution in [2.75, 3.05) is 59.5 Å². The van der Waals surface area contributed by atoms with E-state index < -0.39 is 0 Å². The Kier molecular flexibility index (Phi) is 7.77. The van der Waals surface area contributed by atoms with Crippen LogP contribution in [0.2, 0.25) is 0 Å². The lowest BCUT2D eigenvalue weighted by molar-refractivity contribution is -0.0394. The molecule has 1 aliphatic rings. The molecule has 17 heavy (non-hydrogen) atoms. The van der Waals surface area contributed by atoms with Crippen LogP contribution in [0, 0.1) is 0 Å². The summed E-state index contributed by atoms with van der Waals surface area (Å²) in [5.41, 5.74) is 0. The summed E-state index contributed by atoms with van der Waals surface area (Å²) in [4.78, 5) is 4.84. The largest absolute Gasteiger partial charge is 0.374 e. The van der Waals surface area contributed by atoms with Gasteiger partial charge in [-0.2, -0.15) is 0 Å². The predicted octanol–water partition coefficient (Wildman–Crippen LogP) is 0.639. The van der Waals surface area contributed by atoms with Crippen LogP contribution in [0.4, 0.5) is 0 Å². The molecule has 1 aliphatic heterocycles. The highest BCUT2D eigenvalue weighted by Crippen LogP contribution is 2.05. The molecule has 0 amide bonds. The smallest absolute Gasteiger partial charge is 0.0829 e. The van der Waals surface area contributed by atoms with Crippen LogP contribution in [0.3, 0.4) is 0 Å². The zero-order valence-electron chi connectivity index (χ0n) is 11.7. The summed E-state index contributed by atoms with van der Waals surface area (Å²) in [6.07, 6.45) is 1.60. The SMILES string of the molecule is CCCNCCN1CCO[C@@H](CN(C)CC)C1. The molecule has 0 saturated carbocycles. The standard InChI is InChI=1S/C13H29N3O/c1-4-6-14-7-8-16-9-10-17-13(12-16)11-15(3)5-2/h13-14H,4-12H2,1-3H3/t13-/m0/s1. The summed E-state index contributed by atoms with van der Waals surface area (Å²) in [5.74, 6) is 0. The second-order valence-corrected chi connectivity index (χ2v) is 4.90. The van der Waals surface area contributed by atoms with Gasteiger partial charge >= 0.3 is 0 Å². The van der Waals surface area contributed by atoms with Crippen molar-refractivity contribution in [3.05, 3.63) is 0 Å². The quantitative estimate of drug-likeness (QED) is 0.633. The fourth-order valence-corrected chi connectivity index (χ4v) is 2.11. The van der Waals surface area contributed by atoms with Crippen LogP contribution < -0.4 is 5.32 Å². The maximum absolute atomic E-state index is 5.80. The van der Waals surface area contributed by atoms with Gasteiger partial charge in [0.15, 0.2) is 0 Å². The first-order valence-corrected chi connectivity index (χ1v) is 6.99. The maximum atomic E-state index is 5.80. The van der Waals surface area contributed by atoms with Crippen molar-refractivity contribution in [2.24, 2.45) is 0 Å². The summed E-state index contributed by atoms with van der Waals surface area (Å²) < 4.78 is 5.80. The molecule has 0 aromatic rings. The fourth-order valence-electron chi connectivity index (χ4n) is 2.11. The van der Waals surface area contributed by atoms with E-state index in [0.29, 0.717) is 6.10 Å². The van der Waals surface area contributed by atoms with E-state index in [1.54, 1.807) is 0 Å². The Balaban J connectivity index is 2.14. The summed E-state index contributed by atoms with van der Waals surface area (Å²) in [7, 11) is 2.16. The minimum atomic E-state index is 0.389. The lowest BCUT2D eigenvalue weighted by Gasteiger charge is -2.34. The number of hydrogen-bond acceptors (Lipinski definition) is 4.